The lowest BCUT2D eigenvalue weighted by Gasteiger charge is -2.18. The van der Waals surface area contributed by atoms with Crippen molar-refractivity contribution in [3.8, 4) is 0 Å². The molecule has 0 rings (SSSR count). The van der Waals surface area contributed by atoms with Crippen LogP contribution in [-0.4, -0.2) is 25.9 Å². The second-order valence-corrected chi connectivity index (χ2v) is 3.41. The fraction of sp³-hybridized carbons (Fsp3) is 1.00. The number of hydrogen-bond donors (Lipinski definition) is 0. The van der Waals surface area contributed by atoms with Crippen LogP contribution < -0.4 is 0 Å². The summed E-state index contributed by atoms with van der Waals surface area (Å²) < 4.78 is 10.1. The monoisotopic (exact) mass is 194 g/mol. The first-order valence-electron chi connectivity index (χ1n) is 4.45. The molecule has 0 aromatic carbocycles. The van der Waals surface area contributed by atoms with Crippen molar-refractivity contribution in [3.05, 3.63) is 0 Å². The molecule has 0 heterocycles. The smallest absolute Gasteiger partial charge is 0.173 e. The van der Waals surface area contributed by atoms with Crippen LogP contribution in [0.5, 0.6) is 0 Å². The topological polar surface area (TPSA) is 18.5 Å². The molecule has 0 amide bonds. The third kappa shape index (κ3) is 4.96. The number of halogens is 1. The molecular formula is C9H19ClO2. The maximum absolute atomic E-state index is 6.03. The van der Waals surface area contributed by atoms with Crippen molar-refractivity contribution in [3.63, 3.8) is 0 Å². The Balaban J connectivity index is 3.47. The van der Waals surface area contributed by atoms with E-state index in [0.717, 1.165) is 12.8 Å². The average Bonchev–Trinajstić information content (AvgIpc) is 2.07. The van der Waals surface area contributed by atoms with E-state index in [4.69, 9.17) is 21.1 Å². The van der Waals surface area contributed by atoms with Gasteiger partial charge in [-0.05, 0) is 6.42 Å². The third-order valence-corrected chi connectivity index (χ3v) is 2.27. The van der Waals surface area contributed by atoms with Crippen molar-refractivity contribution < 1.29 is 9.47 Å². The summed E-state index contributed by atoms with van der Waals surface area (Å²) in [6.07, 6.45) is 4.29. The minimum atomic E-state index is -0.261. The van der Waals surface area contributed by atoms with Crippen molar-refractivity contribution in [1.82, 2.24) is 0 Å². The average molecular weight is 195 g/mol. The molecule has 0 radical (unpaired) electrons. The van der Waals surface area contributed by atoms with Gasteiger partial charge in [-0.15, -0.1) is 11.6 Å². The molecule has 0 spiro atoms. The van der Waals surface area contributed by atoms with E-state index in [-0.39, 0.29) is 11.7 Å². The second kappa shape index (κ2) is 7.84. The summed E-state index contributed by atoms with van der Waals surface area (Å²) in [6, 6.07) is 0. The summed E-state index contributed by atoms with van der Waals surface area (Å²) in [5.41, 5.74) is 0. The van der Waals surface area contributed by atoms with E-state index in [0.29, 0.717) is 0 Å². The van der Waals surface area contributed by atoms with Gasteiger partial charge in [0.05, 0.1) is 5.38 Å². The van der Waals surface area contributed by atoms with Crippen molar-refractivity contribution in [2.45, 2.75) is 44.3 Å². The predicted molar refractivity (Wildman–Crippen MR) is 51.6 cm³/mol. The zero-order chi connectivity index (χ0) is 9.40. The van der Waals surface area contributed by atoms with Crippen molar-refractivity contribution >= 4 is 11.6 Å². The van der Waals surface area contributed by atoms with Gasteiger partial charge >= 0.3 is 0 Å². The molecule has 1 atom stereocenters. The molecule has 0 aliphatic carbocycles. The van der Waals surface area contributed by atoms with E-state index in [1.807, 2.05) is 0 Å². The van der Waals surface area contributed by atoms with Crippen molar-refractivity contribution in [2.24, 2.45) is 0 Å². The highest BCUT2D eigenvalue weighted by atomic mass is 35.5. The molecule has 0 bridgehead atoms. The molecule has 74 valence electrons. The van der Waals surface area contributed by atoms with Crippen LogP contribution in [0, 0.1) is 0 Å². The summed E-state index contributed by atoms with van der Waals surface area (Å²) >= 11 is 6.03. The minimum absolute atomic E-state index is 0.0217. The lowest BCUT2D eigenvalue weighted by molar-refractivity contribution is -0.104. The first-order valence-corrected chi connectivity index (χ1v) is 4.89. The molecule has 3 heteroatoms. The van der Waals surface area contributed by atoms with E-state index in [1.54, 1.807) is 14.2 Å². The van der Waals surface area contributed by atoms with Gasteiger partial charge in [-0.3, -0.25) is 0 Å². The summed E-state index contributed by atoms with van der Waals surface area (Å²) in [5.74, 6) is 0. The van der Waals surface area contributed by atoms with Gasteiger partial charge in [0.15, 0.2) is 6.29 Å². The van der Waals surface area contributed by atoms with Crippen LogP contribution >= 0.6 is 11.6 Å². The Bertz CT molecular complexity index is 94.5. The van der Waals surface area contributed by atoms with Gasteiger partial charge in [-0.1, -0.05) is 26.2 Å². The SMILES string of the molecule is CCCCCC(Cl)C(OC)OC. The fourth-order valence-corrected chi connectivity index (χ4v) is 1.48. The maximum Gasteiger partial charge on any atom is 0.173 e. The van der Waals surface area contributed by atoms with Gasteiger partial charge in [0.1, 0.15) is 0 Å². The van der Waals surface area contributed by atoms with E-state index < -0.39 is 0 Å². The highest BCUT2D eigenvalue weighted by Crippen LogP contribution is 2.15. The number of hydrogen-bond acceptors (Lipinski definition) is 2. The van der Waals surface area contributed by atoms with Crippen LogP contribution in [0.2, 0.25) is 0 Å². The number of unbranched alkanes of at least 4 members (excludes halogenated alkanes) is 2. The molecule has 0 aromatic heterocycles. The largest absolute Gasteiger partial charge is 0.354 e. The van der Waals surface area contributed by atoms with Gasteiger partial charge in [0.2, 0.25) is 0 Å². The number of rotatable bonds is 7. The molecule has 0 N–H and O–H groups in total. The summed E-state index contributed by atoms with van der Waals surface area (Å²) in [7, 11) is 3.23. The normalized spacial score (nSPS) is 13.8. The first-order chi connectivity index (χ1) is 5.76. The molecular weight excluding hydrogens is 176 g/mol. The van der Waals surface area contributed by atoms with Crippen LogP contribution in [0.15, 0.2) is 0 Å². The zero-order valence-electron chi connectivity index (χ0n) is 8.18. The lowest BCUT2D eigenvalue weighted by atomic mass is 10.1. The summed E-state index contributed by atoms with van der Waals surface area (Å²) in [4.78, 5) is 0. The summed E-state index contributed by atoms with van der Waals surface area (Å²) in [6.45, 7) is 2.17. The fourth-order valence-electron chi connectivity index (χ4n) is 1.12. The second-order valence-electron chi connectivity index (χ2n) is 2.85. The molecule has 1 unspecified atom stereocenters. The van der Waals surface area contributed by atoms with Gasteiger partial charge in [0.25, 0.3) is 0 Å². The van der Waals surface area contributed by atoms with Gasteiger partial charge in [0, 0.05) is 14.2 Å². The van der Waals surface area contributed by atoms with Crippen LogP contribution in [0.4, 0.5) is 0 Å². The van der Waals surface area contributed by atoms with Crippen LogP contribution in [0.25, 0.3) is 0 Å². The molecule has 2 nitrogen and oxygen atoms in total. The Hall–Kier alpha value is 0.210. The van der Waals surface area contributed by atoms with Crippen LogP contribution in [-0.2, 0) is 9.47 Å². The third-order valence-electron chi connectivity index (χ3n) is 1.84. The Morgan fingerprint density at radius 1 is 1.17 bits per heavy atom. The molecule has 0 saturated heterocycles. The quantitative estimate of drug-likeness (QED) is 0.353. The van der Waals surface area contributed by atoms with Crippen molar-refractivity contribution in [2.75, 3.05) is 14.2 Å². The molecule has 0 aliphatic heterocycles. The molecule has 0 aliphatic rings. The van der Waals surface area contributed by atoms with Crippen LogP contribution in [0.3, 0.4) is 0 Å². The number of ether oxygens (including phenoxy) is 2. The molecule has 0 fully saturated rings. The predicted octanol–water partition coefficient (Wildman–Crippen LogP) is 2.79. The molecule has 12 heavy (non-hydrogen) atoms. The highest BCUT2D eigenvalue weighted by molar-refractivity contribution is 6.20. The van der Waals surface area contributed by atoms with Gasteiger partial charge < -0.3 is 9.47 Å². The van der Waals surface area contributed by atoms with E-state index in [9.17, 15) is 0 Å². The highest BCUT2D eigenvalue weighted by Gasteiger charge is 2.16. The maximum atomic E-state index is 6.03. The standard InChI is InChI=1S/C9H19ClO2/c1-4-5-6-7-8(10)9(11-2)12-3/h8-9H,4-7H2,1-3H3. The van der Waals surface area contributed by atoms with E-state index in [1.165, 1.54) is 12.8 Å². The summed E-state index contributed by atoms with van der Waals surface area (Å²) in [5, 5.41) is -0.0217. The first kappa shape index (κ1) is 12.2. The Labute approximate surface area is 80.2 Å². The zero-order valence-corrected chi connectivity index (χ0v) is 8.93. The Morgan fingerprint density at radius 3 is 2.17 bits per heavy atom. The minimum Gasteiger partial charge on any atom is -0.354 e. The molecule has 0 saturated carbocycles. The number of methoxy groups -OCH3 is 2. The van der Waals surface area contributed by atoms with Crippen LogP contribution in [0.1, 0.15) is 32.6 Å². The van der Waals surface area contributed by atoms with E-state index >= 15 is 0 Å². The van der Waals surface area contributed by atoms with E-state index in [2.05, 4.69) is 6.92 Å². The van der Waals surface area contributed by atoms with Crippen molar-refractivity contribution in [1.29, 1.82) is 0 Å². The Morgan fingerprint density at radius 2 is 1.75 bits per heavy atom. The lowest BCUT2D eigenvalue weighted by Crippen LogP contribution is -2.25. The molecule has 0 aromatic rings. The van der Waals surface area contributed by atoms with Gasteiger partial charge in [-0.25, -0.2) is 0 Å². The van der Waals surface area contributed by atoms with Gasteiger partial charge in [-0.2, -0.15) is 0 Å². The number of alkyl halides is 1. The Kier molecular flexibility index (Phi) is 7.98.